The van der Waals surface area contributed by atoms with Crippen molar-refractivity contribution < 1.29 is 24.6 Å². The summed E-state index contributed by atoms with van der Waals surface area (Å²) in [6.45, 7) is 0. The predicted octanol–water partition coefficient (Wildman–Crippen LogP) is -1.56. The molecule has 3 N–H and O–H groups in total. The third-order valence-electron chi connectivity index (χ3n) is 2.18. The van der Waals surface area contributed by atoms with E-state index in [1.54, 1.807) is 0 Å². The van der Waals surface area contributed by atoms with E-state index in [0.717, 1.165) is 16.8 Å². The second-order valence-electron chi connectivity index (χ2n) is 3.64. The lowest BCUT2D eigenvalue weighted by atomic mass is 10.2. The summed E-state index contributed by atoms with van der Waals surface area (Å²) in [6.07, 6.45) is -0.757. The first-order valence-electron chi connectivity index (χ1n) is 5.11. The number of hydrogen-bond acceptors (Lipinski definition) is 5. The van der Waals surface area contributed by atoms with Gasteiger partial charge in [-0.15, -0.1) is 0 Å². The maximum atomic E-state index is 11.7. The molecule has 1 amide bonds. The van der Waals surface area contributed by atoms with Crippen LogP contribution in [0.15, 0.2) is 16.9 Å². The number of hydrogen-bond donors (Lipinski definition) is 3. The van der Waals surface area contributed by atoms with Crippen molar-refractivity contribution >= 4 is 17.8 Å². The van der Waals surface area contributed by atoms with Crippen molar-refractivity contribution in [3.63, 3.8) is 0 Å². The number of carbonyl (C=O) groups excluding carboxylic acids is 1. The Labute approximate surface area is 106 Å². The molecule has 0 aliphatic carbocycles. The average molecular weight is 269 g/mol. The van der Waals surface area contributed by atoms with Gasteiger partial charge in [-0.2, -0.15) is 5.10 Å². The molecule has 9 heteroatoms. The summed E-state index contributed by atoms with van der Waals surface area (Å²) in [5.41, 5.74) is -0.615. The summed E-state index contributed by atoms with van der Waals surface area (Å²) in [5.74, 6) is -3.70. The highest BCUT2D eigenvalue weighted by atomic mass is 16.4. The molecule has 19 heavy (non-hydrogen) atoms. The van der Waals surface area contributed by atoms with E-state index in [-0.39, 0.29) is 5.69 Å². The van der Waals surface area contributed by atoms with E-state index in [9.17, 15) is 19.2 Å². The first kappa shape index (κ1) is 14.4. The van der Waals surface area contributed by atoms with Crippen LogP contribution in [0.1, 0.15) is 16.9 Å². The van der Waals surface area contributed by atoms with Crippen LogP contribution in [0, 0.1) is 0 Å². The highest BCUT2D eigenvalue weighted by Crippen LogP contribution is 1.97. The lowest BCUT2D eigenvalue weighted by Gasteiger charge is -2.11. The first-order valence-corrected chi connectivity index (χ1v) is 5.11. The van der Waals surface area contributed by atoms with Gasteiger partial charge in [0.15, 0.2) is 0 Å². The highest BCUT2D eigenvalue weighted by Gasteiger charge is 2.24. The number of amides is 1. The summed E-state index contributed by atoms with van der Waals surface area (Å²) in [4.78, 5) is 44.0. The molecule has 0 bridgehead atoms. The van der Waals surface area contributed by atoms with Gasteiger partial charge in [0, 0.05) is 13.1 Å². The van der Waals surface area contributed by atoms with Gasteiger partial charge in [-0.1, -0.05) is 0 Å². The van der Waals surface area contributed by atoms with Crippen LogP contribution in [0.25, 0.3) is 0 Å². The number of nitrogens with zero attached hydrogens (tertiary/aromatic N) is 2. The van der Waals surface area contributed by atoms with Crippen LogP contribution in [0.3, 0.4) is 0 Å². The van der Waals surface area contributed by atoms with E-state index in [2.05, 4.69) is 5.10 Å². The fraction of sp³-hybridized carbons (Fsp3) is 0.300. The smallest absolute Gasteiger partial charge is 0.326 e. The monoisotopic (exact) mass is 269 g/mol. The van der Waals surface area contributed by atoms with Gasteiger partial charge >= 0.3 is 11.9 Å². The molecule has 0 aliphatic rings. The third-order valence-corrected chi connectivity index (χ3v) is 2.18. The van der Waals surface area contributed by atoms with E-state index in [4.69, 9.17) is 10.2 Å². The number of nitrogens with one attached hydrogen (secondary N) is 1. The van der Waals surface area contributed by atoms with Gasteiger partial charge in [-0.3, -0.25) is 14.4 Å². The van der Waals surface area contributed by atoms with E-state index < -0.39 is 35.9 Å². The quantitative estimate of drug-likeness (QED) is 0.587. The molecular formula is C10H11N3O6. The van der Waals surface area contributed by atoms with Gasteiger partial charge in [0.2, 0.25) is 0 Å². The zero-order valence-corrected chi connectivity index (χ0v) is 9.86. The number of aryl methyl sites for hydroxylation is 1. The zero-order valence-electron chi connectivity index (χ0n) is 9.86. The van der Waals surface area contributed by atoms with Gasteiger partial charge in [0.05, 0.1) is 6.42 Å². The molecule has 1 heterocycles. The summed E-state index contributed by atoms with van der Waals surface area (Å²) < 4.78 is 0.905. The molecule has 1 rings (SSSR count). The molecule has 102 valence electrons. The topological polar surface area (TPSA) is 139 Å². The van der Waals surface area contributed by atoms with Crippen molar-refractivity contribution in [2.45, 2.75) is 12.5 Å². The van der Waals surface area contributed by atoms with E-state index >= 15 is 0 Å². The van der Waals surface area contributed by atoms with E-state index in [1.165, 1.54) is 7.05 Å². The Morgan fingerprint density at radius 2 is 2.00 bits per heavy atom. The second-order valence-corrected chi connectivity index (χ2v) is 3.64. The summed E-state index contributed by atoms with van der Waals surface area (Å²) in [7, 11) is 1.32. The molecule has 0 fully saturated rings. The molecule has 9 nitrogen and oxygen atoms in total. The highest BCUT2D eigenvalue weighted by molar-refractivity contribution is 5.95. The van der Waals surface area contributed by atoms with Gasteiger partial charge in [-0.05, 0) is 6.07 Å². The molecule has 1 atom stereocenters. The van der Waals surface area contributed by atoms with Gasteiger partial charge in [-0.25, -0.2) is 9.48 Å². The number of carbonyl (C=O) groups is 3. The van der Waals surface area contributed by atoms with Crippen molar-refractivity contribution in [3.8, 4) is 0 Å². The molecule has 0 saturated heterocycles. The van der Waals surface area contributed by atoms with Gasteiger partial charge < -0.3 is 15.5 Å². The predicted molar refractivity (Wildman–Crippen MR) is 60.6 cm³/mol. The molecule has 1 aromatic rings. The molecular weight excluding hydrogens is 258 g/mol. The molecule has 0 radical (unpaired) electrons. The Morgan fingerprint density at radius 1 is 1.37 bits per heavy atom. The van der Waals surface area contributed by atoms with Crippen molar-refractivity contribution in [3.05, 3.63) is 28.2 Å². The number of carboxylic acid groups (broad SMARTS) is 2. The largest absolute Gasteiger partial charge is 0.481 e. The number of aliphatic carboxylic acids is 2. The Morgan fingerprint density at radius 3 is 2.47 bits per heavy atom. The van der Waals surface area contributed by atoms with Crippen molar-refractivity contribution in [1.82, 2.24) is 15.1 Å². The summed E-state index contributed by atoms with van der Waals surface area (Å²) in [6, 6.07) is 0.649. The number of aromatic nitrogens is 2. The average Bonchev–Trinajstić information content (AvgIpc) is 2.31. The standard InChI is InChI=1S/C10H11N3O6/c1-13-7(14)3-2-5(12-13)9(17)11-6(10(18)19)4-8(15)16/h2-3,6H,4H2,1H3,(H,11,17)(H,15,16)(H,18,19)/t6-/m1/s1. The maximum absolute atomic E-state index is 11.7. The number of rotatable bonds is 5. The third kappa shape index (κ3) is 3.91. The molecule has 0 aliphatic heterocycles. The normalized spacial score (nSPS) is 11.6. The molecule has 0 saturated carbocycles. The molecule has 0 unspecified atom stereocenters. The van der Waals surface area contributed by atoms with Crippen LogP contribution >= 0.6 is 0 Å². The lowest BCUT2D eigenvalue weighted by molar-refractivity contribution is -0.145. The van der Waals surface area contributed by atoms with Crippen LogP contribution in [0.5, 0.6) is 0 Å². The Bertz CT molecular complexity index is 579. The molecule has 0 aromatic carbocycles. The number of carboxylic acids is 2. The van der Waals surface area contributed by atoms with Crippen molar-refractivity contribution in [2.75, 3.05) is 0 Å². The van der Waals surface area contributed by atoms with Crippen LogP contribution in [-0.2, 0) is 16.6 Å². The zero-order chi connectivity index (χ0) is 14.6. The van der Waals surface area contributed by atoms with Gasteiger partial charge in [0.1, 0.15) is 11.7 Å². The SMILES string of the molecule is Cn1nc(C(=O)N[C@H](CC(=O)O)C(=O)O)ccc1=O. The maximum Gasteiger partial charge on any atom is 0.326 e. The Balaban J connectivity index is 2.87. The minimum atomic E-state index is -1.57. The Hall–Kier alpha value is -2.71. The lowest BCUT2D eigenvalue weighted by Crippen LogP contribution is -2.43. The van der Waals surface area contributed by atoms with Gasteiger partial charge in [0.25, 0.3) is 11.5 Å². The minimum Gasteiger partial charge on any atom is -0.481 e. The van der Waals surface area contributed by atoms with E-state index in [1.807, 2.05) is 5.32 Å². The summed E-state index contributed by atoms with van der Waals surface area (Å²) in [5, 5.41) is 22.9. The van der Waals surface area contributed by atoms with Crippen LogP contribution in [0.4, 0.5) is 0 Å². The Kier molecular flexibility index (Phi) is 4.35. The molecule has 0 spiro atoms. The fourth-order valence-corrected chi connectivity index (χ4v) is 1.23. The summed E-state index contributed by atoms with van der Waals surface area (Å²) >= 11 is 0. The van der Waals surface area contributed by atoms with Crippen LogP contribution in [-0.4, -0.2) is 43.9 Å². The fourth-order valence-electron chi connectivity index (χ4n) is 1.23. The minimum absolute atomic E-state index is 0.182. The second kappa shape index (κ2) is 5.76. The van der Waals surface area contributed by atoms with Crippen molar-refractivity contribution in [2.24, 2.45) is 7.05 Å². The van der Waals surface area contributed by atoms with Crippen LogP contribution < -0.4 is 10.9 Å². The first-order chi connectivity index (χ1) is 8.81. The van der Waals surface area contributed by atoms with Crippen LogP contribution in [0.2, 0.25) is 0 Å². The van der Waals surface area contributed by atoms with Crippen molar-refractivity contribution in [1.29, 1.82) is 0 Å². The van der Waals surface area contributed by atoms with E-state index in [0.29, 0.717) is 0 Å². The molecule has 1 aromatic heterocycles.